The minimum absolute atomic E-state index is 0.257. The van der Waals surface area contributed by atoms with Gasteiger partial charge in [0, 0.05) is 12.0 Å². The summed E-state index contributed by atoms with van der Waals surface area (Å²) in [7, 11) is 0. The molecule has 1 aromatic carbocycles. The number of aryl methyl sites for hydroxylation is 1. The summed E-state index contributed by atoms with van der Waals surface area (Å²) in [4.78, 5) is 0. The van der Waals surface area contributed by atoms with E-state index in [9.17, 15) is 0 Å². The number of hydrogen-bond acceptors (Lipinski definition) is 1. The molecule has 16 heavy (non-hydrogen) atoms. The number of rotatable bonds is 0. The van der Waals surface area contributed by atoms with Crippen LogP contribution in [0.1, 0.15) is 49.4 Å². The first-order chi connectivity index (χ1) is 7.57. The Morgan fingerprint density at radius 1 is 1.06 bits per heavy atom. The lowest BCUT2D eigenvalue weighted by molar-refractivity contribution is 0.356. The van der Waals surface area contributed by atoms with Crippen molar-refractivity contribution in [1.29, 1.82) is 0 Å². The lowest BCUT2D eigenvalue weighted by Gasteiger charge is -2.26. The molecule has 0 fully saturated rings. The van der Waals surface area contributed by atoms with Crippen LogP contribution >= 0.6 is 0 Å². The maximum absolute atomic E-state index is 5.76. The molecule has 0 saturated carbocycles. The van der Waals surface area contributed by atoms with Crippen molar-refractivity contribution < 1.29 is 4.74 Å². The number of fused-ring (bicyclic) bond motifs is 2. The third kappa shape index (κ3) is 1.37. The molecule has 1 aliphatic carbocycles. The van der Waals surface area contributed by atoms with Gasteiger partial charge >= 0.3 is 0 Å². The molecule has 0 atom stereocenters. The van der Waals surface area contributed by atoms with Gasteiger partial charge in [-0.25, -0.2) is 0 Å². The summed E-state index contributed by atoms with van der Waals surface area (Å²) in [5, 5.41) is 0. The van der Waals surface area contributed by atoms with Crippen molar-refractivity contribution in [3.8, 4) is 5.75 Å². The zero-order chi connectivity index (χ0) is 11.3. The Morgan fingerprint density at radius 3 is 2.62 bits per heavy atom. The third-order valence-corrected chi connectivity index (χ3v) is 3.83. The van der Waals surface area contributed by atoms with E-state index in [4.69, 9.17) is 4.74 Å². The normalized spacial score (nSPS) is 18.2. The van der Waals surface area contributed by atoms with E-state index in [1.807, 2.05) is 0 Å². The van der Waals surface area contributed by atoms with Gasteiger partial charge in [-0.05, 0) is 47.4 Å². The van der Waals surface area contributed by atoms with Crippen LogP contribution in [0.25, 0.3) is 0 Å². The van der Waals surface area contributed by atoms with Gasteiger partial charge in [0.2, 0.25) is 0 Å². The Kier molecular flexibility index (Phi) is 2.07. The van der Waals surface area contributed by atoms with Crippen LogP contribution in [0.2, 0.25) is 0 Å². The molecular formula is C15H20O. The van der Waals surface area contributed by atoms with Crippen molar-refractivity contribution in [2.75, 3.05) is 6.61 Å². The van der Waals surface area contributed by atoms with Crippen LogP contribution in [0.3, 0.4) is 0 Å². The van der Waals surface area contributed by atoms with Crippen molar-refractivity contribution >= 4 is 0 Å². The van der Waals surface area contributed by atoms with Gasteiger partial charge < -0.3 is 4.74 Å². The number of ether oxygens (including phenoxy) is 1. The van der Waals surface area contributed by atoms with Gasteiger partial charge in [-0.2, -0.15) is 0 Å². The van der Waals surface area contributed by atoms with Crippen molar-refractivity contribution in [3.63, 3.8) is 0 Å². The Hall–Kier alpha value is -0.980. The first kappa shape index (κ1) is 10.2. The summed E-state index contributed by atoms with van der Waals surface area (Å²) in [6.07, 6.45) is 4.95. The minimum atomic E-state index is 0.257. The summed E-state index contributed by atoms with van der Waals surface area (Å²) < 4.78 is 5.76. The molecule has 0 radical (unpaired) electrons. The second-order valence-electron chi connectivity index (χ2n) is 6.07. The average molecular weight is 216 g/mol. The van der Waals surface area contributed by atoms with Crippen LogP contribution in [-0.2, 0) is 24.7 Å². The number of benzene rings is 1. The predicted octanol–water partition coefficient (Wildman–Crippen LogP) is 3.41. The van der Waals surface area contributed by atoms with E-state index in [1.54, 1.807) is 16.7 Å². The molecule has 0 bridgehead atoms. The summed E-state index contributed by atoms with van der Waals surface area (Å²) in [6, 6.07) is 2.31. The Labute approximate surface area is 97.8 Å². The van der Waals surface area contributed by atoms with E-state index < -0.39 is 0 Å². The predicted molar refractivity (Wildman–Crippen MR) is 66.4 cm³/mol. The molecule has 0 unspecified atom stereocenters. The van der Waals surface area contributed by atoms with E-state index >= 15 is 0 Å². The fourth-order valence-corrected chi connectivity index (χ4v) is 3.31. The van der Waals surface area contributed by atoms with Gasteiger partial charge in [0.15, 0.2) is 0 Å². The Morgan fingerprint density at radius 2 is 1.88 bits per heavy atom. The van der Waals surface area contributed by atoms with Gasteiger partial charge in [0.1, 0.15) is 5.75 Å². The van der Waals surface area contributed by atoms with Gasteiger partial charge in [0.05, 0.1) is 6.61 Å². The fraction of sp³-hybridized carbons (Fsp3) is 0.600. The maximum atomic E-state index is 5.76. The SMILES string of the molecule is CC(C)(C)c1c2c(cc3c1CCO3)CCC2. The maximum Gasteiger partial charge on any atom is 0.123 e. The lowest BCUT2D eigenvalue weighted by Crippen LogP contribution is -2.17. The molecule has 0 aromatic heterocycles. The Balaban J connectivity index is 2.28. The van der Waals surface area contributed by atoms with E-state index in [1.165, 1.54) is 30.6 Å². The van der Waals surface area contributed by atoms with Crippen molar-refractivity contribution in [2.45, 2.75) is 51.9 Å². The molecule has 0 saturated heterocycles. The van der Waals surface area contributed by atoms with E-state index in [2.05, 4.69) is 26.8 Å². The van der Waals surface area contributed by atoms with Gasteiger partial charge in [-0.1, -0.05) is 20.8 Å². The largest absolute Gasteiger partial charge is 0.493 e. The van der Waals surface area contributed by atoms with Gasteiger partial charge in [0.25, 0.3) is 0 Å². The molecule has 0 amide bonds. The molecule has 1 aromatic rings. The molecule has 1 heteroatoms. The first-order valence-electron chi connectivity index (χ1n) is 6.38. The lowest BCUT2D eigenvalue weighted by atomic mass is 9.79. The summed E-state index contributed by atoms with van der Waals surface area (Å²) in [5.41, 5.74) is 6.53. The monoisotopic (exact) mass is 216 g/mol. The number of hydrogen-bond donors (Lipinski definition) is 0. The molecule has 1 heterocycles. The molecule has 3 rings (SSSR count). The van der Waals surface area contributed by atoms with Crippen LogP contribution in [-0.4, -0.2) is 6.61 Å². The molecule has 0 spiro atoms. The summed E-state index contributed by atoms with van der Waals surface area (Å²) in [5.74, 6) is 1.17. The van der Waals surface area contributed by atoms with Crippen LogP contribution < -0.4 is 4.74 Å². The van der Waals surface area contributed by atoms with E-state index in [-0.39, 0.29) is 5.41 Å². The third-order valence-electron chi connectivity index (χ3n) is 3.83. The summed E-state index contributed by atoms with van der Waals surface area (Å²) >= 11 is 0. The minimum Gasteiger partial charge on any atom is -0.493 e. The highest BCUT2D eigenvalue weighted by molar-refractivity contribution is 5.55. The highest BCUT2D eigenvalue weighted by Crippen LogP contribution is 2.42. The molecule has 86 valence electrons. The molecule has 1 aliphatic heterocycles. The van der Waals surface area contributed by atoms with Gasteiger partial charge in [-0.3, -0.25) is 0 Å². The van der Waals surface area contributed by atoms with Gasteiger partial charge in [-0.15, -0.1) is 0 Å². The van der Waals surface area contributed by atoms with Crippen LogP contribution in [0, 0.1) is 0 Å². The van der Waals surface area contributed by atoms with Crippen molar-refractivity contribution in [3.05, 3.63) is 28.3 Å². The average Bonchev–Trinajstić information content (AvgIpc) is 2.77. The Bertz CT molecular complexity index is 405. The second-order valence-corrected chi connectivity index (χ2v) is 6.07. The van der Waals surface area contributed by atoms with Crippen LogP contribution in [0.15, 0.2) is 6.07 Å². The van der Waals surface area contributed by atoms with Crippen molar-refractivity contribution in [1.82, 2.24) is 0 Å². The standard InChI is InChI=1S/C15H20O/c1-15(2,3)14-11-6-4-5-10(11)9-13-12(14)7-8-16-13/h9H,4-8H2,1-3H3. The summed E-state index contributed by atoms with van der Waals surface area (Å²) in [6.45, 7) is 7.87. The van der Waals surface area contributed by atoms with Crippen LogP contribution in [0.5, 0.6) is 5.75 Å². The van der Waals surface area contributed by atoms with Crippen molar-refractivity contribution in [2.24, 2.45) is 0 Å². The molecule has 0 N–H and O–H groups in total. The molecular weight excluding hydrogens is 196 g/mol. The quantitative estimate of drug-likeness (QED) is 0.646. The zero-order valence-electron chi connectivity index (χ0n) is 10.5. The molecule has 1 nitrogen and oxygen atoms in total. The first-order valence-corrected chi connectivity index (χ1v) is 6.38. The topological polar surface area (TPSA) is 9.23 Å². The fourth-order valence-electron chi connectivity index (χ4n) is 3.31. The van der Waals surface area contributed by atoms with E-state index in [0.29, 0.717) is 0 Å². The van der Waals surface area contributed by atoms with Crippen LogP contribution in [0.4, 0.5) is 0 Å². The van der Waals surface area contributed by atoms with E-state index in [0.717, 1.165) is 13.0 Å². The highest BCUT2D eigenvalue weighted by Gasteiger charge is 2.30. The zero-order valence-corrected chi connectivity index (χ0v) is 10.5. The highest BCUT2D eigenvalue weighted by atomic mass is 16.5. The smallest absolute Gasteiger partial charge is 0.123 e. The second kappa shape index (κ2) is 3.26. The molecule has 2 aliphatic rings.